The SMILES string of the molecule is Cc1cccc(Cn2c(=O)c(C(=O)N3CCCC3)nn(-c3ccc(C(C)C)cc3)c2=O)c1. The molecule has 0 radical (unpaired) electrons. The largest absolute Gasteiger partial charge is 0.352 e. The van der Waals surface area contributed by atoms with Crippen LogP contribution in [0.1, 0.15) is 59.8 Å². The fourth-order valence-electron chi connectivity index (χ4n) is 4.02. The van der Waals surface area contributed by atoms with Gasteiger partial charge in [0.2, 0.25) is 5.69 Å². The molecule has 1 saturated heterocycles. The molecule has 3 aromatic rings. The number of aromatic nitrogens is 3. The maximum atomic E-state index is 13.3. The molecular formula is C25H28N4O3. The number of carbonyl (C=O) groups is 1. The first-order valence-corrected chi connectivity index (χ1v) is 11.0. The molecule has 1 aromatic heterocycles. The fraction of sp³-hybridized carbons (Fsp3) is 0.360. The molecule has 32 heavy (non-hydrogen) atoms. The summed E-state index contributed by atoms with van der Waals surface area (Å²) in [4.78, 5) is 41.3. The summed E-state index contributed by atoms with van der Waals surface area (Å²) in [6.45, 7) is 7.41. The Balaban J connectivity index is 1.86. The van der Waals surface area contributed by atoms with Crippen molar-refractivity contribution in [3.05, 3.63) is 91.8 Å². The van der Waals surface area contributed by atoms with Gasteiger partial charge in [0.15, 0.2) is 0 Å². The van der Waals surface area contributed by atoms with E-state index in [9.17, 15) is 14.4 Å². The molecule has 7 heteroatoms. The van der Waals surface area contributed by atoms with Crippen LogP contribution in [-0.4, -0.2) is 38.2 Å². The molecule has 0 atom stereocenters. The maximum Gasteiger partial charge on any atom is 0.352 e. The third-order valence-electron chi connectivity index (χ3n) is 5.88. The Morgan fingerprint density at radius 1 is 1.03 bits per heavy atom. The Morgan fingerprint density at radius 3 is 2.34 bits per heavy atom. The van der Waals surface area contributed by atoms with Crippen molar-refractivity contribution in [1.29, 1.82) is 0 Å². The molecule has 0 unspecified atom stereocenters. The maximum absolute atomic E-state index is 13.3. The van der Waals surface area contributed by atoms with Gasteiger partial charge in [-0.05, 0) is 48.9 Å². The number of carbonyl (C=O) groups excluding carboxylic acids is 1. The second-order valence-electron chi connectivity index (χ2n) is 8.67. The van der Waals surface area contributed by atoms with Crippen LogP contribution in [-0.2, 0) is 6.54 Å². The first-order valence-electron chi connectivity index (χ1n) is 11.0. The average molecular weight is 433 g/mol. The fourth-order valence-corrected chi connectivity index (χ4v) is 4.02. The van der Waals surface area contributed by atoms with Crippen molar-refractivity contribution < 1.29 is 4.79 Å². The normalized spacial score (nSPS) is 13.7. The van der Waals surface area contributed by atoms with Gasteiger partial charge in [-0.1, -0.05) is 55.8 Å². The molecule has 2 aromatic carbocycles. The van der Waals surface area contributed by atoms with E-state index in [0.717, 1.165) is 34.1 Å². The minimum atomic E-state index is -0.650. The Bertz CT molecular complexity index is 1250. The highest BCUT2D eigenvalue weighted by Crippen LogP contribution is 2.16. The number of amides is 1. The summed E-state index contributed by atoms with van der Waals surface area (Å²) < 4.78 is 2.28. The summed E-state index contributed by atoms with van der Waals surface area (Å²) in [5.74, 6) is -0.0747. The average Bonchev–Trinajstić information content (AvgIpc) is 3.31. The molecular weight excluding hydrogens is 404 g/mol. The summed E-state index contributed by atoms with van der Waals surface area (Å²) in [5, 5.41) is 4.26. The van der Waals surface area contributed by atoms with Crippen molar-refractivity contribution in [2.45, 2.75) is 46.1 Å². The van der Waals surface area contributed by atoms with Crippen LogP contribution in [0.3, 0.4) is 0 Å². The van der Waals surface area contributed by atoms with Crippen LogP contribution in [0.5, 0.6) is 0 Å². The van der Waals surface area contributed by atoms with Crippen molar-refractivity contribution >= 4 is 5.91 Å². The Kier molecular flexibility index (Phi) is 6.08. The van der Waals surface area contributed by atoms with Crippen LogP contribution in [0.15, 0.2) is 58.1 Å². The molecule has 0 bridgehead atoms. The Morgan fingerprint density at radius 2 is 1.72 bits per heavy atom. The van der Waals surface area contributed by atoms with Crippen molar-refractivity contribution in [2.24, 2.45) is 0 Å². The van der Waals surface area contributed by atoms with E-state index in [1.165, 1.54) is 4.68 Å². The standard InChI is InChI=1S/C25H28N4O3/c1-17(2)20-9-11-21(12-10-20)29-25(32)28(16-19-8-6-7-18(3)15-19)24(31)22(26-29)23(30)27-13-4-5-14-27/h6-12,15,17H,4-5,13-14,16H2,1-3H3. The predicted molar refractivity (Wildman–Crippen MR) is 124 cm³/mol. The minimum Gasteiger partial charge on any atom is -0.337 e. The molecule has 0 N–H and O–H groups in total. The lowest BCUT2D eigenvalue weighted by molar-refractivity contribution is 0.0781. The van der Waals surface area contributed by atoms with E-state index in [4.69, 9.17) is 0 Å². The highest BCUT2D eigenvalue weighted by molar-refractivity contribution is 5.92. The third-order valence-corrected chi connectivity index (χ3v) is 5.88. The number of nitrogens with zero attached hydrogens (tertiary/aromatic N) is 4. The molecule has 1 aliphatic heterocycles. The number of hydrogen-bond donors (Lipinski definition) is 0. The zero-order valence-corrected chi connectivity index (χ0v) is 18.7. The van der Waals surface area contributed by atoms with Crippen molar-refractivity contribution in [1.82, 2.24) is 19.2 Å². The molecule has 1 amide bonds. The molecule has 0 saturated carbocycles. The van der Waals surface area contributed by atoms with E-state index >= 15 is 0 Å². The van der Waals surface area contributed by atoms with E-state index in [-0.39, 0.29) is 12.2 Å². The van der Waals surface area contributed by atoms with Crippen LogP contribution < -0.4 is 11.2 Å². The first-order chi connectivity index (χ1) is 15.3. The molecule has 2 heterocycles. The second-order valence-corrected chi connectivity index (χ2v) is 8.67. The molecule has 1 fully saturated rings. The number of hydrogen-bond acceptors (Lipinski definition) is 4. The number of likely N-dealkylation sites (tertiary alicyclic amines) is 1. The van der Waals surface area contributed by atoms with Crippen molar-refractivity contribution in [3.63, 3.8) is 0 Å². The van der Waals surface area contributed by atoms with Gasteiger partial charge in [0.05, 0.1) is 12.2 Å². The summed E-state index contributed by atoms with van der Waals surface area (Å²) in [6.07, 6.45) is 1.80. The van der Waals surface area contributed by atoms with Gasteiger partial charge in [0.25, 0.3) is 11.5 Å². The summed E-state index contributed by atoms with van der Waals surface area (Å²) in [6, 6.07) is 15.1. The van der Waals surface area contributed by atoms with Gasteiger partial charge in [-0.2, -0.15) is 9.78 Å². The molecule has 0 spiro atoms. The van der Waals surface area contributed by atoms with Gasteiger partial charge < -0.3 is 4.90 Å². The number of benzene rings is 2. The van der Waals surface area contributed by atoms with E-state index in [0.29, 0.717) is 24.7 Å². The Hall–Kier alpha value is -3.48. The van der Waals surface area contributed by atoms with Gasteiger partial charge in [0, 0.05) is 13.1 Å². The molecule has 4 rings (SSSR count). The predicted octanol–water partition coefficient (Wildman–Crippen LogP) is 3.11. The van der Waals surface area contributed by atoms with Crippen LogP contribution in [0.2, 0.25) is 0 Å². The molecule has 0 aliphatic carbocycles. The molecule has 166 valence electrons. The lowest BCUT2D eigenvalue weighted by Gasteiger charge is -2.17. The zero-order chi connectivity index (χ0) is 22.8. The van der Waals surface area contributed by atoms with Crippen LogP contribution in [0.4, 0.5) is 0 Å². The molecule has 1 aliphatic rings. The lowest BCUT2D eigenvalue weighted by atomic mass is 10.0. The highest BCUT2D eigenvalue weighted by atomic mass is 16.2. The van der Waals surface area contributed by atoms with Crippen LogP contribution >= 0.6 is 0 Å². The van der Waals surface area contributed by atoms with Gasteiger partial charge in [-0.25, -0.2) is 4.79 Å². The van der Waals surface area contributed by atoms with E-state index in [1.807, 2.05) is 43.3 Å². The van der Waals surface area contributed by atoms with E-state index < -0.39 is 17.2 Å². The van der Waals surface area contributed by atoms with Gasteiger partial charge in [-0.3, -0.25) is 14.2 Å². The zero-order valence-electron chi connectivity index (χ0n) is 18.7. The first kappa shape index (κ1) is 21.7. The highest BCUT2D eigenvalue weighted by Gasteiger charge is 2.26. The lowest BCUT2D eigenvalue weighted by Crippen LogP contribution is -2.46. The monoisotopic (exact) mass is 432 g/mol. The van der Waals surface area contributed by atoms with Crippen LogP contribution in [0.25, 0.3) is 5.69 Å². The minimum absolute atomic E-state index is 0.0756. The van der Waals surface area contributed by atoms with Crippen molar-refractivity contribution in [2.75, 3.05) is 13.1 Å². The van der Waals surface area contributed by atoms with E-state index in [1.54, 1.807) is 17.0 Å². The summed E-state index contributed by atoms with van der Waals surface area (Å²) >= 11 is 0. The van der Waals surface area contributed by atoms with Gasteiger partial charge in [0.1, 0.15) is 0 Å². The van der Waals surface area contributed by atoms with Crippen LogP contribution in [0, 0.1) is 6.92 Å². The van der Waals surface area contributed by atoms with Gasteiger partial charge >= 0.3 is 5.69 Å². The van der Waals surface area contributed by atoms with Gasteiger partial charge in [-0.15, -0.1) is 0 Å². The molecule has 7 nitrogen and oxygen atoms in total. The van der Waals surface area contributed by atoms with E-state index in [2.05, 4.69) is 18.9 Å². The quantitative estimate of drug-likeness (QED) is 0.621. The Labute approximate surface area is 186 Å². The summed E-state index contributed by atoms with van der Waals surface area (Å²) in [5.41, 5.74) is 2.07. The number of aryl methyl sites for hydroxylation is 1. The third kappa shape index (κ3) is 4.28. The topological polar surface area (TPSA) is 77.2 Å². The summed E-state index contributed by atoms with van der Waals surface area (Å²) in [7, 11) is 0. The van der Waals surface area contributed by atoms with Crippen molar-refractivity contribution in [3.8, 4) is 5.69 Å². The second kappa shape index (κ2) is 8.94. The smallest absolute Gasteiger partial charge is 0.337 e. The number of rotatable bonds is 5.